The van der Waals surface area contributed by atoms with E-state index in [0.29, 0.717) is 26.0 Å². The molecular weight excluding hydrogens is 434 g/mol. The summed E-state index contributed by atoms with van der Waals surface area (Å²) in [5, 5.41) is 6.86. The van der Waals surface area contributed by atoms with E-state index in [9.17, 15) is 14.4 Å². The Balaban J connectivity index is 1.79. The van der Waals surface area contributed by atoms with Gasteiger partial charge in [0.1, 0.15) is 15.4 Å². The number of ether oxygens (including phenoxy) is 2. The summed E-state index contributed by atoms with van der Waals surface area (Å²) in [6, 6.07) is 10.4. The number of hydrogen-bond acceptors (Lipinski definition) is 7. The smallest absolute Gasteiger partial charge is 0.348 e. The number of carbonyl (C=O) groups excluding carboxylic acids is 3. The van der Waals surface area contributed by atoms with Crippen molar-refractivity contribution in [1.29, 1.82) is 0 Å². The van der Waals surface area contributed by atoms with Crippen molar-refractivity contribution in [2.24, 2.45) is 0 Å². The summed E-state index contributed by atoms with van der Waals surface area (Å²) in [6.07, 6.45) is 0. The van der Waals surface area contributed by atoms with Gasteiger partial charge in [-0.3, -0.25) is 4.79 Å². The number of esters is 2. The lowest BCUT2D eigenvalue weighted by molar-refractivity contribution is -0.119. The van der Waals surface area contributed by atoms with Crippen LogP contribution in [0.25, 0.3) is 11.1 Å². The molecule has 2 heterocycles. The molecule has 2 aromatic heterocycles. The van der Waals surface area contributed by atoms with E-state index in [-0.39, 0.29) is 12.2 Å². The lowest BCUT2D eigenvalue weighted by Gasteiger charge is -2.10. The lowest BCUT2D eigenvalue weighted by Crippen LogP contribution is -2.21. The minimum Gasteiger partial charge on any atom is -0.462 e. The molecule has 0 unspecified atom stereocenters. The van der Waals surface area contributed by atoms with Gasteiger partial charge in [0, 0.05) is 21.5 Å². The van der Waals surface area contributed by atoms with Crippen molar-refractivity contribution in [3.63, 3.8) is 0 Å². The predicted molar refractivity (Wildman–Crippen MR) is 114 cm³/mol. The van der Waals surface area contributed by atoms with E-state index in [4.69, 9.17) is 21.1 Å². The van der Waals surface area contributed by atoms with Crippen molar-refractivity contribution < 1.29 is 23.9 Å². The molecule has 0 spiro atoms. The lowest BCUT2D eigenvalue weighted by atomic mass is 10.0. The second-order valence-electron chi connectivity index (χ2n) is 5.66. The van der Waals surface area contributed by atoms with Gasteiger partial charge < -0.3 is 14.8 Å². The summed E-state index contributed by atoms with van der Waals surface area (Å²) < 4.78 is 10.2. The molecule has 1 aromatic carbocycles. The van der Waals surface area contributed by atoms with Crippen LogP contribution in [0.1, 0.15) is 27.0 Å². The van der Waals surface area contributed by atoms with Crippen molar-refractivity contribution in [3.8, 4) is 11.1 Å². The molecule has 0 bridgehead atoms. The molecule has 0 aliphatic carbocycles. The maximum absolute atomic E-state index is 12.5. The zero-order chi connectivity index (χ0) is 20.8. The molecule has 0 aliphatic rings. The van der Waals surface area contributed by atoms with E-state index in [2.05, 4.69) is 5.32 Å². The molecule has 3 rings (SSSR count). The molecular formula is C20H16ClNO5S2. The summed E-state index contributed by atoms with van der Waals surface area (Å²) in [4.78, 5) is 37.1. The fourth-order valence-electron chi connectivity index (χ4n) is 2.49. The van der Waals surface area contributed by atoms with E-state index in [1.807, 2.05) is 0 Å². The summed E-state index contributed by atoms with van der Waals surface area (Å²) in [5.41, 5.74) is 1.42. The molecule has 1 N–H and O–H groups in total. The normalized spacial score (nSPS) is 10.4. The Bertz CT molecular complexity index is 1030. The monoisotopic (exact) mass is 449 g/mol. The third kappa shape index (κ3) is 5.03. The number of benzene rings is 1. The molecule has 9 heteroatoms. The SMILES string of the molecule is CCOC(=O)c1c(-c2ccccc2Cl)csc1NC(=O)COC(=O)c1cccs1. The van der Waals surface area contributed by atoms with E-state index >= 15 is 0 Å². The average molecular weight is 450 g/mol. The Morgan fingerprint density at radius 3 is 2.48 bits per heavy atom. The Morgan fingerprint density at radius 2 is 1.79 bits per heavy atom. The Kier molecular flexibility index (Phi) is 7.03. The van der Waals surface area contributed by atoms with Crippen molar-refractivity contribution in [1.82, 2.24) is 0 Å². The first-order valence-electron chi connectivity index (χ1n) is 8.55. The molecule has 3 aromatic rings. The summed E-state index contributed by atoms with van der Waals surface area (Å²) in [6.45, 7) is 1.41. The number of halogens is 1. The molecule has 0 radical (unpaired) electrons. The van der Waals surface area contributed by atoms with E-state index in [1.165, 1.54) is 11.3 Å². The van der Waals surface area contributed by atoms with Crippen molar-refractivity contribution >= 4 is 57.1 Å². The number of amides is 1. The molecule has 0 fully saturated rings. The van der Waals surface area contributed by atoms with E-state index in [0.717, 1.165) is 11.3 Å². The predicted octanol–water partition coefficient (Wildman–Crippen LogP) is 5.10. The van der Waals surface area contributed by atoms with Crippen LogP contribution in [0, 0.1) is 0 Å². The zero-order valence-electron chi connectivity index (χ0n) is 15.3. The standard InChI is InChI=1S/C20H16ClNO5S2/c1-2-26-20(25)17-13(12-6-3-4-7-14(12)21)11-29-18(17)22-16(23)10-27-19(24)15-8-5-9-28-15/h3-9,11H,2,10H2,1H3,(H,22,23). The van der Waals surface area contributed by atoms with Crippen LogP contribution >= 0.6 is 34.3 Å². The van der Waals surface area contributed by atoms with Crippen LogP contribution in [0.5, 0.6) is 0 Å². The van der Waals surface area contributed by atoms with Gasteiger partial charge >= 0.3 is 11.9 Å². The van der Waals surface area contributed by atoms with Crippen LogP contribution in [0.3, 0.4) is 0 Å². The van der Waals surface area contributed by atoms with Gasteiger partial charge in [-0.15, -0.1) is 22.7 Å². The number of anilines is 1. The molecule has 0 aliphatic heterocycles. The first kappa shape index (κ1) is 21.0. The highest BCUT2D eigenvalue weighted by Crippen LogP contribution is 2.39. The Morgan fingerprint density at radius 1 is 1.00 bits per heavy atom. The summed E-state index contributed by atoms with van der Waals surface area (Å²) in [7, 11) is 0. The first-order valence-corrected chi connectivity index (χ1v) is 10.7. The summed E-state index contributed by atoms with van der Waals surface area (Å²) in [5.74, 6) is -1.72. The average Bonchev–Trinajstić information content (AvgIpc) is 3.37. The number of thiophene rings is 2. The number of hydrogen-bond donors (Lipinski definition) is 1. The van der Waals surface area contributed by atoms with Gasteiger partial charge in [-0.05, 0) is 24.4 Å². The second-order valence-corrected chi connectivity index (χ2v) is 7.89. The quantitative estimate of drug-likeness (QED) is 0.507. The third-order valence-electron chi connectivity index (χ3n) is 3.74. The van der Waals surface area contributed by atoms with Gasteiger partial charge in [0.2, 0.25) is 0 Å². The number of nitrogens with one attached hydrogen (secondary N) is 1. The van der Waals surface area contributed by atoms with Crippen LogP contribution in [-0.4, -0.2) is 31.1 Å². The minimum atomic E-state index is -0.580. The van der Waals surface area contributed by atoms with Crippen LogP contribution in [0.15, 0.2) is 47.2 Å². The maximum atomic E-state index is 12.5. The third-order valence-corrected chi connectivity index (χ3v) is 5.82. The molecule has 0 saturated heterocycles. The largest absolute Gasteiger partial charge is 0.462 e. The van der Waals surface area contributed by atoms with Gasteiger partial charge in [0.05, 0.1) is 6.61 Å². The van der Waals surface area contributed by atoms with Crippen molar-refractivity contribution in [2.75, 3.05) is 18.5 Å². The number of carbonyl (C=O) groups is 3. The van der Waals surface area contributed by atoms with Gasteiger partial charge in [-0.1, -0.05) is 35.9 Å². The highest BCUT2D eigenvalue weighted by Gasteiger charge is 2.24. The Hall–Kier alpha value is -2.68. The highest BCUT2D eigenvalue weighted by molar-refractivity contribution is 7.15. The van der Waals surface area contributed by atoms with E-state index in [1.54, 1.807) is 54.1 Å². The molecule has 1 amide bonds. The van der Waals surface area contributed by atoms with Gasteiger partial charge in [0.15, 0.2) is 6.61 Å². The van der Waals surface area contributed by atoms with Crippen LogP contribution in [-0.2, 0) is 14.3 Å². The first-order chi connectivity index (χ1) is 14.0. The maximum Gasteiger partial charge on any atom is 0.348 e. The van der Waals surface area contributed by atoms with Gasteiger partial charge in [-0.25, -0.2) is 9.59 Å². The molecule has 6 nitrogen and oxygen atoms in total. The molecule has 150 valence electrons. The second kappa shape index (κ2) is 9.69. The van der Waals surface area contributed by atoms with Crippen molar-refractivity contribution in [2.45, 2.75) is 6.92 Å². The van der Waals surface area contributed by atoms with Crippen LogP contribution < -0.4 is 5.32 Å². The topological polar surface area (TPSA) is 81.7 Å². The zero-order valence-corrected chi connectivity index (χ0v) is 17.7. The van der Waals surface area contributed by atoms with Crippen molar-refractivity contribution in [3.05, 3.63) is 62.6 Å². The fourth-order valence-corrected chi connectivity index (χ4v) is 4.31. The van der Waals surface area contributed by atoms with Gasteiger partial charge in [-0.2, -0.15) is 0 Å². The fraction of sp³-hybridized carbons (Fsp3) is 0.150. The van der Waals surface area contributed by atoms with E-state index < -0.39 is 24.5 Å². The molecule has 29 heavy (non-hydrogen) atoms. The molecule has 0 saturated carbocycles. The Labute approximate surface area is 180 Å². The van der Waals surface area contributed by atoms with Crippen LogP contribution in [0.2, 0.25) is 5.02 Å². The van der Waals surface area contributed by atoms with Gasteiger partial charge in [0.25, 0.3) is 5.91 Å². The highest BCUT2D eigenvalue weighted by atomic mass is 35.5. The summed E-state index contributed by atoms with van der Waals surface area (Å²) >= 11 is 8.66. The molecule has 0 atom stereocenters. The van der Waals surface area contributed by atoms with Crippen LogP contribution in [0.4, 0.5) is 5.00 Å². The minimum absolute atomic E-state index is 0.183. The number of rotatable bonds is 7.